The molecule has 0 aliphatic rings. The lowest BCUT2D eigenvalue weighted by atomic mass is 10.1. The number of hydrogen-bond acceptors (Lipinski definition) is 3. The fraction of sp³-hybridized carbons (Fsp3) is 0.364. The Kier molecular flexibility index (Phi) is 4.83. The number of nitrogens with zero attached hydrogens (tertiary/aromatic N) is 1. The van der Waals surface area contributed by atoms with Gasteiger partial charge in [0.05, 0.1) is 0 Å². The van der Waals surface area contributed by atoms with Crippen LogP contribution < -0.4 is 4.72 Å². The van der Waals surface area contributed by atoms with Crippen molar-refractivity contribution in [2.75, 3.05) is 14.1 Å². The van der Waals surface area contributed by atoms with Gasteiger partial charge >= 0.3 is 5.97 Å². The molecule has 0 aromatic heterocycles. The van der Waals surface area contributed by atoms with Crippen LogP contribution in [0.4, 0.5) is 0 Å². The van der Waals surface area contributed by atoms with Gasteiger partial charge in [-0.05, 0) is 12.0 Å². The number of carbonyl (C=O) groups is 1. The molecule has 0 aliphatic heterocycles. The van der Waals surface area contributed by atoms with Crippen molar-refractivity contribution in [3.8, 4) is 0 Å². The van der Waals surface area contributed by atoms with Crippen molar-refractivity contribution in [3.63, 3.8) is 0 Å². The topological polar surface area (TPSA) is 86.7 Å². The van der Waals surface area contributed by atoms with E-state index in [-0.39, 0.29) is 6.42 Å². The van der Waals surface area contributed by atoms with Crippen molar-refractivity contribution in [1.29, 1.82) is 0 Å². The Bertz CT molecular complexity index is 499. The summed E-state index contributed by atoms with van der Waals surface area (Å²) >= 11 is 0. The predicted molar refractivity (Wildman–Crippen MR) is 67.3 cm³/mol. The number of carboxylic acid groups (broad SMARTS) is 1. The van der Waals surface area contributed by atoms with E-state index in [1.807, 2.05) is 6.07 Å². The number of hydrogen-bond donors (Lipinski definition) is 2. The Morgan fingerprint density at radius 1 is 1.33 bits per heavy atom. The van der Waals surface area contributed by atoms with E-state index in [2.05, 4.69) is 4.72 Å². The van der Waals surface area contributed by atoms with Gasteiger partial charge in [0.15, 0.2) is 0 Å². The van der Waals surface area contributed by atoms with Gasteiger partial charge in [0.25, 0.3) is 10.2 Å². The van der Waals surface area contributed by atoms with Gasteiger partial charge in [-0.25, -0.2) is 0 Å². The molecule has 0 aliphatic carbocycles. The third-order valence-corrected chi connectivity index (χ3v) is 3.90. The van der Waals surface area contributed by atoms with Gasteiger partial charge < -0.3 is 5.11 Å². The van der Waals surface area contributed by atoms with Crippen molar-refractivity contribution in [2.45, 2.75) is 12.5 Å². The Morgan fingerprint density at radius 2 is 1.89 bits per heavy atom. The first kappa shape index (κ1) is 14.6. The molecule has 7 heteroatoms. The second-order valence-corrected chi connectivity index (χ2v) is 5.90. The summed E-state index contributed by atoms with van der Waals surface area (Å²) in [5, 5.41) is 9.03. The maximum absolute atomic E-state index is 11.6. The summed E-state index contributed by atoms with van der Waals surface area (Å²) in [6.45, 7) is 0. The van der Waals surface area contributed by atoms with E-state index in [1.165, 1.54) is 14.1 Å². The first-order valence-corrected chi connectivity index (χ1v) is 6.73. The Labute approximate surface area is 106 Å². The molecule has 2 N–H and O–H groups in total. The van der Waals surface area contributed by atoms with Crippen LogP contribution >= 0.6 is 0 Å². The van der Waals surface area contributed by atoms with Crippen molar-refractivity contribution < 1.29 is 18.3 Å². The molecule has 6 nitrogen and oxygen atoms in total. The molecule has 0 saturated carbocycles. The van der Waals surface area contributed by atoms with E-state index in [0.717, 1.165) is 9.87 Å². The molecule has 1 aromatic carbocycles. The fourth-order valence-corrected chi connectivity index (χ4v) is 2.07. The molecule has 100 valence electrons. The SMILES string of the molecule is CN(C)S(=O)(=O)NC(Cc1ccccc1)C(=O)O. The van der Waals surface area contributed by atoms with Crippen LogP contribution in [0, 0.1) is 0 Å². The Hall–Kier alpha value is -1.44. The highest BCUT2D eigenvalue weighted by Gasteiger charge is 2.25. The smallest absolute Gasteiger partial charge is 0.322 e. The van der Waals surface area contributed by atoms with Crippen LogP contribution in [-0.2, 0) is 21.4 Å². The van der Waals surface area contributed by atoms with Gasteiger partial charge in [-0.2, -0.15) is 17.4 Å². The van der Waals surface area contributed by atoms with E-state index in [0.29, 0.717) is 0 Å². The van der Waals surface area contributed by atoms with Gasteiger partial charge in [-0.1, -0.05) is 30.3 Å². The summed E-state index contributed by atoms with van der Waals surface area (Å²) in [6, 6.07) is 7.67. The third kappa shape index (κ3) is 4.10. The first-order valence-electron chi connectivity index (χ1n) is 5.29. The largest absolute Gasteiger partial charge is 0.480 e. The van der Waals surface area contributed by atoms with E-state index in [1.54, 1.807) is 24.3 Å². The monoisotopic (exact) mass is 272 g/mol. The number of carboxylic acids is 1. The van der Waals surface area contributed by atoms with Gasteiger partial charge in [-0.3, -0.25) is 4.79 Å². The molecule has 18 heavy (non-hydrogen) atoms. The van der Waals surface area contributed by atoms with Crippen molar-refractivity contribution >= 4 is 16.2 Å². The molecule has 0 heterocycles. The first-order chi connectivity index (χ1) is 8.33. The average molecular weight is 272 g/mol. The van der Waals surface area contributed by atoms with Crippen LogP contribution in [-0.4, -0.2) is 43.9 Å². The molecule has 0 amide bonds. The average Bonchev–Trinajstić information content (AvgIpc) is 2.29. The minimum atomic E-state index is -3.76. The van der Waals surface area contributed by atoms with Gasteiger partial charge in [0.2, 0.25) is 0 Å². The van der Waals surface area contributed by atoms with Crippen LogP contribution in [0.5, 0.6) is 0 Å². The van der Waals surface area contributed by atoms with Gasteiger partial charge in [0.1, 0.15) is 6.04 Å². The molecule has 1 unspecified atom stereocenters. The standard InChI is InChI=1S/C11H16N2O4S/c1-13(2)18(16,17)12-10(11(14)15)8-9-6-4-3-5-7-9/h3-7,10,12H,8H2,1-2H3,(H,14,15). The molecule has 0 spiro atoms. The number of aliphatic carboxylic acids is 1. The number of benzene rings is 1. The zero-order chi connectivity index (χ0) is 13.8. The summed E-state index contributed by atoms with van der Waals surface area (Å²) in [7, 11) is -1.09. The maximum Gasteiger partial charge on any atom is 0.322 e. The molecule has 0 fully saturated rings. The normalized spacial score (nSPS) is 13.5. The highest BCUT2D eigenvalue weighted by Crippen LogP contribution is 2.05. The summed E-state index contributed by atoms with van der Waals surface area (Å²) in [6.07, 6.45) is 0.100. The zero-order valence-corrected chi connectivity index (χ0v) is 11.0. The lowest BCUT2D eigenvalue weighted by Crippen LogP contribution is -2.47. The van der Waals surface area contributed by atoms with E-state index in [4.69, 9.17) is 5.11 Å². The minimum absolute atomic E-state index is 0.100. The van der Waals surface area contributed by atoms with Gasteiger partial charge in [0, 0.05) is 14.1 Å². The Morgan fingerprint density at radius 3 is 2.33 bits per heavy atom. The van der Waals surface area contributed by atoms with E-state index in [9.17, 15) is 13.2 Å². The number of rotatable bonds is 6. The van der Waals surface area contributed by atoms with Crippen LogP contribution in [0.3, 0.4) is 0 Å². The summed E-state index contributed by atoms with van der Waals surface area (Å²) in [5.74, 6) is -1.20. The van der Waals surface area contributed by atoms with E-state index >= 15 is 0 Å². The van der Waals surface area contributed by atoms with Gasteiger partial charge in [-0.15, -0.1) is 0 Å². The maximum atomic E-state index is 11.6. The predicted octanol–water partition coefficient (Wildman–Crippen LogP) is 0.0783. The molecular formula is C11H16N2O4S. The van der Waals surface area contributed by atoms with Crippen molar-refractivity contribution in [3.05, 3.63) is 35.9 Å². The quantitative estimate of drug-likeness (QED) is 0.767. The molecule has 0 radical (unpaired) electrons. The lowest BCUT2D eigenvalue weighted by molar-refractivity contribution is -0.138. The summed E-state index contributed by atoms with van der Waals surface area (Å²) in [4.78, 5) is 11.1. The van der Waals surface area contributed by atoms with Crippen molar-refractivity contribution in [1.82, 2.24) is 9.03 Å². The second kappa shape index (κ2) is 5.94. The molecular weight excluding hydrogens is 256 g/mol. The zero-order valence-electron chi connectivity index (χ0n) is 10.2. The molecule has 1 atom stereocenters. The molecule has 1 aromatic rings. The lowest BCUT2D eigenvalue weighted by Gasteiger charge is -2.18. The molecule has 0 bridgehead atoms. The fourth-order valence-electron chi connectivity index (χ4n) is 1.31. The molecule has 0 saturated heterocycles. The second-order valence-electron chi connectivity index (χ2n) is 3.99. The third-order valence-electron chi connectivity index (χ3n) is 2.35. The van der Waals surface area contributed by atoms with Crippen LogP contribution in [0.15, 0.2) is 30.3 Å². The van der Waals surface area contributed by atoms with Crippen LogP contribution in [0.2, 0.25) is 0 Å². The van der Waals surface area contributed by atoms with E-state index < -0.39 is 22.2 Å². The minimum Gasteiger partial charge on any atom is -0.480 e. The Balaban J connectivity index is 2.83. The number of nitrogens with one attached hydrogen (secondary N) is 1. The highest BCUT2D eigenvalue weighted by atomic mass is 32.2. The van der Waals surface area contributed by atoms with Crippen LogP contribution in [0.25, 0.3) is 0 Å². The van der Waals surface area contributed by atoms with Crippen LogP contribution in [0.1, 0.15) is 5.56 Å². The molecule has 1 rings (SSSR count). The van der Waals surface area contributed by atoms with Crippen molar-refractivity contribution in [2.24, 2.45) is 0 Å². The highest BCUT2D eigenvalue weighted by molar-refractivity contribution is 7.87. The summed E-state index contributed by atoms with van der Waals surface area (Å²) < 4.78 is 26.3. The summed E-state index contributed by atoms with van der Waals surface area (Å²) in [5.41, 5.74) is 0.756.